The van der Waals surface area contributed by atoms with Crippen molar-refractivity contribution in [2.24, 2.45) is 0 Å². The molecule has 0 aliphatic carbocycles. The van der Waals surface area contributed by atoms with E-state index in [1.54, 1.807) is 12.1 Å². The first-order valence-corrected chi connectivity index (χ1v) is 8.92. The van der Waals surface area contributed by atoms with E-state index < -0.39 is 6.09 Å². The molecule has 3 rings (SSSR count). The maximum atomic E-state index is 12.9. The Hall–Kier alpha value is -2.52. The summed E-state index contributed by atoms with van der Waals surface area (Å²) in [7, 11) is 1.30. The van der Waals surface area contributed by atoms with Crippen molar-refractivity contribution in [3.05, 3.63) is 46.2 Å². The molecule has 0 saturated heterocycles. The van der Waals surface area contributed by atoms with E-state index in [0.29, 0.717) is 18.2 Å². The summed E-state index contributed by atoms with van der Waals surface area (Å²) in [6.45, 7) is 1.97. The minimum atomic E-state index is -0.548. The van der Waals surface area contributed by atoms with Crippen molar-refractivity contribution in [2.45, 2.75) is 19.5 Å². The van der Waals surface area contributed by atoms with Gasteiger partial charge in [0, 0.05) is 30.9 Å². The molecule has 0 bridgehead atoms. The summed E-state index contributed by atoms with van der Waals surface area (Å²) in [6, 6.07) is 6.04. The summed E-state index contributed by atoms with van der Waals surface area (Å²) < 4.78 is 17.4. The number of ether oxygens (including phenoxy) is 1. The minimum absolute atomic E-state index is 0.0878. The Morgan fingerprint density at radius 2 is 2.12 bits per heavy atom. The van der Waals surface area contributed by atoms with Crippen LogP contribution in [-0.2, 0) is 29.0 Å². The van der Waals surface area contributed by atoms with Crippen LogP contribution in [0.15, 0.2) is 24.3 Å². The van der Waals surface area contributed by atoms with Crippen molar-refractivity contribution < 1.29 is 18.7 Å². The van der Waals surface area contributed by atoms with Crippen molar-refractivity contribution in [1.29, 1.82) is 0 Å². The van der Waals surface area contributed by atoms with Gasteiger partial charge in [0.25, 0.3) is 0 Å². The number of fused-ring (bicyclic) bond motifs is 1. The molecule has 2 heterocycles. The zero-order chi connectivity index (χ0) is 18.5. The normalized spacial score (nSPS) is 13.8. The van der Waals surface area contributed by atoms with Gasteiger partial charge in [-0.3, -0.25) is 15.0 Å². The number of nitrogens with zero attached hydrogens (tertiary/aromatic N) is 2. The fourth-order valence-electron chi connectivity index (χ4n) is 2.64. The number of methoxy groups -OCH3 is 1. The predicted molar refractivity (Wildman–Crippen MR) is 95.4 cm³/mol. The first kappa shape index (κ1) is 18.3. The number of carbonyl (C=O) groups excluding carboxylic acids is 2. The molecule has 0 spiro atoms. The SMILES string of the molecule is COC(=O)Nc1nc2c(s1)CN(CC(=O)NCc1ccc(F)cc1)CC2. The third-order valence-corrected chi connectivity index (χ3v) is 4.97. The van der Waals surface area contributed by atoms with Crippen molar-refractivity contribution in [3.63, 3.8) is 0 Å². The van der Waals surface area contributed by atoms with E-state index in [0.717, 1.165) is 29.1 Å². The lowest BCUT2D eigenvalue weighted by Crippen LogP contribution is -2.39. The third-order valence-electron chi connectivity index (χ3n) is 3.97. The van der Waals surface area contributed by atoms with Crippen LogP contribution in [0.5, 0.6) is 0 Å². The second kappa shape index (κ2) is 8.24. The molecule has 1 aromatic carbocycles. The molecule has 1 aromatic heterocycles. The highest BCUT2D eigenvalue weighted by Gasteiger charge is 2.22. The van der Waals surface area contributed by atoms with Crippen molar-refractivity contribution in [3.8, 4) is 0 Å². The molecule has 1 aliphatic rings. The van der Waals surface area contributed by atoms with Gasteiger partial charge >= 0.3 is 6.09 Å². The van der Waals surface area contributed by atoms with E-state index in [2.05, 4.69) is 20.4 Å². The van der Waals surface area contributed by atoms with Crippen LogP contribution in [0, 0.1) is 5.82 Å². The van der Waals surface area contributed by atoms with Gasteiger partial charge in [0.2, 0.25) is 5.91 Å². The van der Waals surface area contributed by atoms with Crippen LogP contribution in [0.25, 0.3) is 0 Å². The van der Waals surface area contributed by atoms with Gasteiger partial charge in [0.05, 0.1) is 19.3 Å². The quantitative estimate of drug-likeness (QED) is 0.833. The lowest BCUT2D eigenvalue weighted by molar-refractivity contribution is -0.122. The topological polar surface area (TPSA) is 83.6 Å². The molecule has 2 N–H and O–H groups in total. The van der Waals surface area contributed by atoms with E-state index in [1.807, 2.05) is 4.90 Å². The second-order valence-corrected chi connectivity index (χ2v) is 6.95. The fourth-order valence-corrected chi connectivity index (χ4v) is 3.67. The number of benzene rings is 1. The summed E-state index contributed by atoms with van der Waals surface area (Å²) in [5.41, 5.74) is 1.80. The number of hydrogen-bond donors (Lipinski definition) is 2. The van der Waals surface area contributed by atoms with Gasteiger partial charge in [-0.15, -0.1) is 0 Å². The molecule has 0 unspecified atom stereocenters. The van der Waals surface area contributed by atoms with Crippen LogP contribution in [0.2, 0.25) is 0 Å². The van der Waals surface area contributed by atoms with E-state index in [1.165, 1.54) is 30.6 Å². The Morgan fingerprint density at radius 1 is 1.35 bits per heavy atom. The predicted octanol–water partition coefficient (Wildman–Crippen LogP) is 2.13. The first-order chi connectivity index (χ1) is 12.5. The van der Waals surface area contributed by atoms with Gasteiger partial charge in [-0.25, -0.2) is 14.2 Å². The molecule has 2 amide bonds. The van der Waals surface area contributed by atoms with Gasteiger partial charge in [0.15, 0.2) is 5.13 Å². The average molecular weight is 378 g/mol. The molecule has 7 nitrogen and oxygen atoms in total. The standard InChI is InChI=1S/C17H19FN4O3S/c1-25-17(24)21-16-20-13-6-7-22(9-14(13)26-16)10-15(23)19-8-11-2-4-12(18)5-3-11/h2-5H,6-10H2,1H3,(H,19,23)(H,20,21,24). The highest BCUT2D eigenvalue weighted by molar-refractivity contribution is 7.15. The number of carbonyl (C=O) groups is 2. The van der Waals surface area contributed by atoms with Crippen molar-refractivity contribution >= 4 is 28.5 Å². The molecule has 0 saturated carbocycles. The third kappa shape index (κ3) is 4.77. The molecule has 2 aromatic rings. The van der Waals surface area contributed by atoms with Crippen LogP contribution in [0.4, 0.5) is 14.3 Å². The molecule has 1 aliphatic heterocycles. The molecular formula is C17H19FN4O3S. The zero-order valence-corrected chi connectivity index (χ0v) is 15.1. The van der Waals surface area contributed by atoms with Gasteiger partial charge in [-0.1, -0.05) is 23.5 Å². The number of hydrogen-bond acceptors (Lipinski definition) is 6. The van der Waals surface area contributed by atoms with E-state index in [9.17, 15) is 14.0 Å². The molecule has 0 radical (unpaired) electrons. The number of rotatable bonds is 5. The summed E-state index contributed by atoms with van der Waals surface area (Å²) in [6.07, 6.45) is 0.174. The fraction of sp³-hybridized carbons (Fsp3) is 0.353. The van der Waals surface area contributed by atoms with Crippen LogP contribution in [0.1, 0.15) is 16.1 Å². The lowest BCUT2D eigenvalue weighted by Gasteiger charge is -2.25. The molecule has 26 heavy (non-hydrogen) atoms. The van der Waals surface area contributed by atoms with E-state index >= 15 is 0 Å². The Morgan fingerprint density at radius 3 is 2.85 bits per heavy atom. The van der Waals surface area contributed by atoms with Gasteiger partial charge < -0.3 is 10.1 Å². The summed E-state index contributed by atoms with van der Waals surface area (Å²) >= 11 is 1.39. The lowest BCUT2D eigenvalue weighted by atomic mass is 10.2. The van der Waals surface area contributed by atoms with Gasteiger partial charge in [-0.2, -0.15) is 0 Å². The van der Waals surface area contributed by atoms with Gasteiger partial charge in [0.1, 0.15) is 5.82 Å². The van der Waals surface area contributed by atoms with Crippen molar-refractivity contribution in [1.82, 2.24) is 15.2 Å². The smallest absolute Gasteiger partial charge is 0.413 e. The maximum absolute atomic E-state index is 12.9. The Balaban J connectivity index is 1.49. The molecule has 138 valence electrons. The highest BCUT2D eigenvalue weighted by atomic mass is 32.1. The van der Waals surface area contributed by atoms with Crippen LogP contribution in [0.3, 0.4) is 0 Å². The number of nitrogens with one attached hydrogen (secondary N) is 2. The molecular weight excluding hydrogens is 359 g/mol. The minimum Gasteiger partial charge on any atom is -0.453 e. The van der Waals surface area contributed by atoms with Crippen molar-refractivity contribution in [2.75, 3.05) is 25.5 Å². The van der Waals surface area contributed by atoms with E-state index in [4.69, 9.17) is 0 Å². The zero-order valence-electron chi connectivity index (χ0n) is 14.3. The Kier molecular flexibility index (Phi) is 5.79. The first-order valence-electron chi connectivity index (χ1n) is 8.10. The summed E-state index contributed by atoms with van der Waals surface area (Å²) in [4.78, 5) is 30.9. The monoisotopic (exact) mass is 378 g/mol. The largest absolute Gasteiger partial charge is 0.453 e. The average Bonchev–Trinajstić information content (AvgIpc) is 3.02. The number of halogens is 1. The second-order valence-electron chi connectivity index (χ2n) is 5.87. The van der Waals surface area contributed by atoms with Crippen LogP contribution >= 0.6 is 11.3 Å². The van der Waals surface area contributed by atoms with Gasteiger partial charge in [-0.05, 0) is 17.7 Å². The molecule has 0 fully saturated rings. The number of thiazole rings is 1. The maximum Gasteiger partial charge on any atom is 0.413 e. The Labute approximate surface area is 154 Å². The highest BCUT2D eigenvalue weighted by Crippen LogP contribution is 2.28. The number of aromatic nitrogens is 1. The summed E-state index contributed by atoms with van der Waals surface area (Å²) in [5, 5.41) is 5.91. The number of anilines is 1. The molecule has 0 atom stereocenters. The van der Waals surface area contributed by atoms with E-state index in [-0.39, 0.29) is 18.3 Å². The number of amides is 2. The summed E-state index contributed by atoms with van der Waals surface area (Å²) in [5.74, 6) is -0.384. The molecule has 9 heteroatoms. The van der Waals surface area contributed by atoms with Crippen LogP contribution in [-0.4, -0.2) is 42.1 Å². The Bertz CT molecular complexity index is 794. The van der Waals surface area contributed by atoms with Crippen LogP contribution < -0.4 is 10.6 Å².